The lowest BCUT2D eigenvalue weighted by molar-refractivity contribution is -0.167. The van der Waals surface area contributed by atoms with Gasteiger partial charge in [-0.1, -0.05) is 0 Å². The number of ether oxygens (including phenoxy) is 2. The van der Waals surface area contributed by atoms with Crippen molar-refractivity contribution >= 4 is 5.97 Å². The van der Waals surface area contributed by atoms with Gasteiger partial charge < -0.3 is 14.5 Å². The van der Waals surface area contributed by atoms with Crippen LogP contribution in [0.1, 0.15) is 5.82 Å². The van der Waals surface area contributed by atoms with Crippen LogP contribution in [0, 0.1) is 0 Å². The number of imidazole rings is 1. The molecular formula is C13H13N3O3. The number of hydrogen-bond donors (Lipinski definition) is 1. The molecule has 1 N–H and O–H groups in total. The predicted octanol–water partition coefficient (Wildman–Crippen LogP) is 0.913. The van der Waals surface area contributed by atoms with Crippen molar-refractivity contribution in [2.45, 2.75) is 5.41 Å². The molecule has 0 bridgehead atoms. The number of esters is 1. The Hall–Kier alpha value is -2.21. The van der Waals surface area contributed by atoms with Crippen molar-refractivity contribution in [3.63, 3.8) is 0 Å². The van der Waals surface area contributed by atoms with E-state index in [2.05, 4.69) is 15.0 Å². The average molecular weight is 259 g/mol. The molecule has 0 atom stereocenters. The third-order valence-corrected chi connectivity index (χ3v) is 3.27. The monoisotopic (exact) mass is 259 g/mol. The minimum absolute atomic E-state index is 0.291. The van der Waals surface area contributed by atoms with Crippen molar-refractivity contribution in [3.8, 4) is 11.3 Å². The molecule has 0 aromatic carbocycles. The van der Waals surface area contributed by atoms with Gasteiger partial charge in [0.1, 0.15) is 5.82 Å². The maximum absolute atomic E-state index is 11.9. The number of rotatable bonds is 3. The lowest BCUT2D eigenvalue weighted by Gasteiger charge is -2.36. The Morgan fingerprint density at radius 1 is 1.47 bits per heavy atom. The van der Waals surface area contributed by atoms with Crippen molar-refractivity contribution in [1.29, 1.82) is 0 Å². The molecule has 6 heteroatoms. The SMILES string of the molecule is COC(=O)C1(c2ncc(-c3cccnc3)[nH]2)COC1. The Labute approximate surface area is 109 Å². The molecule has 0 radical (unpaired) electrons. The highest BCUT2D eigenvalue weighted by atomic mass is 16.5. The van der Waals surface area contributed by atoms with Crippen LogP contribution in [0.5, 0.6) is 0 Å². The molecule has 3 rings (SSSR count). The van der Waals surface area contributed by atoms with Crippen LogP contribution < -0.4 is 0 Å². The van der Waals surface area contributed by atoms with Gasteiger partial charge in [0.25, 0.3) is 0 Å². The number of hydrogen-bond acceptors (Lipinski definition) is 5. The number of carbonyl (C=O) groups excluding carboxylic acids is 1. The minimum atomic E-state index is -0.796. The molecule has 2 aromatic rings. The number of H-pyrrole nitrogens is 1. The van der Waals surface area contributed by atoms with E-state index < -0.39 is 5.41 Å². The van der Waals surface area contributed by atoms with Crippen molar-refractivity contribution in [2.24, 2.45) is 0 Å². The van der Waals surface area contributed by atoms with Crippen LogP contribution in [0.15, 0.2) is 30.7 Å². The Bertz CT molecular complexity index is 590. The second-order valence-corrected chi connectivity index (χ2v) is 4.45. The summed E-state index contributed by atoms with van der Waals surface area (Å²) in [5.41, 5.74) is 0.939. The third kappa shape index (κ3) is 1.80. The van der Waals surface area contributed by atoms with Crippen molar-refractivity contribution in [1.82, 2.24) is 15.0 Å². The van der Waals surface area contributed by atoms with Gasteiger partial charge in [-0.25, -0.2) is 4.98 Å². The molecule has 3 heterocycles. The molecule has 19 heavy (non-hydrogen) atoms. The lowest BCUT2D eigenvalue weighted by atomic mass is 9.85. The summed E-state index contributed by atoms with van der Waals surface area (Å²) in [4.78, 5) is 23.4. The van der Waals surface area contributed by atoms with Crippen LogP contribution in [0.3, 0.4) is 0 Å². The molecule has 0 amide bonds. The molecule has 1 aliphatic heterocycles. The summed E-state index contributed by atoms with van der Waals surface area (Å²) in [6.07, 6.45) is 5.13. The zero-order chi connectivity index (χ0) is 13.3. The summed E-state index contributed by atoms with van der Waals surface area (Å²) in [5, 5.41) is 0. The summed E-state index contributed by atoms with van der Waals surface area (Å²) < 4.78 is 9.99. The number of pyridine rings is 1. The maximum Gasteiger partial charge on any atom is 0.324 e. The molecule has 1 fully saturated rings. The van der Waals surface area contributed by atoms with Gasteiger partial charge in [-0.2, -0.15) is 0 Å². The number of nitrogens with zero attached hydrogens (tertiary/aromatic N) is 2. The number of nitrogens with one attached hydrogen (secondary N) is 1. The Morgan fingerprint density at radius 3 is 2.89 bits per heavy atom. The zero-order valence-electron chi connectivity index (χ0n) is 10.4. The van der Waals surface area contributed by atoms with E-state index in [1.54, 1.807) is 18.6 Å². The average Bonchev–Trinajstić information content (AvgIpc) is 2.88. The summed E-state index contributed by atoms with van der Waals surface area (Å²) in [5.74, 6) is 0.246. The number of carbonyl (C=O) groups is 1. The molecule has 0 spiro atoms. The smallest absolute Gasteiger partial charge is 0.324 e. The van der Waals surface area contributed by atoms with Crippen LogP contribution in [-0.4, -0.2) is 41.2 Å². The first-order valence-electron chi connectivity index (χ1n) is 5.88. The van der Waals surface area contributed by atoms with Gasteiger partial charge in [-0.05, 0) is 12.1 Å². The summed E-state index contributed by atoms with van der Waals surface area (Å²) >= 11 is 0. The first kappa shape index (κ1) is 11.9. The van der Waals surface area contributed by atoms with Crippen molar-refractivity contribution in [3.05, 3.63) is 36.5 Å². The van der Waals surface area contributed by atoms with E-state index in [-0.39, 0.29) is 5.97 Å². The van der Waals surface area contributed by atoms with Crippen molar-refractivity contribution < 1.29 is 14.3 Å². The van der Waals surface area contributed by atoms with E-state index in [1.165, 1.54) is 7.11 Å². The normalized spacial score (nSPS) is 16.7. The van der Waals surface area contributed by atoms with Crippen molar-refractivity contribution in [2.75, 3.05) is 20.3 Å². The molecular weight excluding hydrogens is 246 g/mol. The van der Waals surface area contributed by atoms with Crippen LogP contribution in [-0.2, 0) is 19.7 Å². The fourth-order valence-corrected chi connectivity index (χ4v) is 2.09. The first-order chi connectivity index (χ1) is 9.26. The fraction of sp³-hybridized carbons (Fsp3) is 0.308. The minimum Gasteiger partial charge on any atom is -0.468 e. The van der Waals surface area contributed by atoms with E-state index in [1.807, 2.05) is 12.1 Å². The largest absolute Gasteiger partial charge is 0.468 e. The molecule has 2 aromatic heterocycles. The van der Waals surface area contributed by atoms with Gasteiger partial charge in [0.15, 0.2) is 5.41 Å². The van der Waals surface area contributed by atoms with E-state index in [0.29, 0.717) is 19.0 Å². The van der Waals surface area contributed by atoms with Gasteiger partial charge in [-0.3, -0.25) is 9.78 Å². The van der Waals surface area contributed by atoms with Crippen LogP contribution in [0.4, 0.5) is 0 Å². The lowest BCUT2D eigenvalue weighted by Crippen LogP contribution is -2.54. The molecule has 6 nitrogen and oxygen atoms in total. The second-order valence-electron chi connectivity index (χ2n) is 4.45. The molecule has 1 saturated heterocycles. The molecule has 1 aliphatic rings. The second kappa shape index (κ2) is 4.47. The van der Waals surface area contributed by atoms with Gasteiger partial charge in [0, 0.05) is 18.0 Å². The number of aromatic nitrogens is 3. The van der Waals surface area contributed by atoms with E-state index in [4.69, 9.17) is 9.47 Å². The van der Waals surface area contributed by atoms with Crippen LogP contribution >= 0.6 is 0 Å². The zero-order valence-corrected chi connectivity index (χ0v) is 10.4. The summed E-state index contributed by atoms with van der Waals surface area (Å²) in [6.45, 7) is 0.583. The molecule has 0 saturated carbocycles. The highest BCUT2D eigenvalue weighted by Crippen LogP contribution is 2.32. The standard InChI is InChI=1S/C13H13N3O3/c1-18-12(17)13(7-19-8-13)11-15-6-10(16-11)9-3-2-4-14-5-9/h2-6H,7-8H2,1H3,(H,15,16). The van der Waals surface area contributed by atoms with E-state index in [9.17, 15) is 4.79 Å². The van der Waals surface area contributed by atoms with Gasteiger partial charge in [0.2, 0.25) is 0 Å². The highest BCUT2D eigenvalue weighted by molar-refractivity contribution is 5.83. The first-order valence-corrected chi connectivity index (χ1v) is 5.88. The maximum atomic E-state index is 11.9. The van der Waals surface area contributed by atoms with Gasteiger partial charge >= 0.3 is 5.97 Å². The molecule has 0 aliphatic carbocycles. The fourth-order valence-electron chi connectivity index (χ4n) is 2.09. The Balaban J connectivity index is 1.95. The predicted molar refractivity (Wildman–Crippen MR) is 66.3 cm³/mol. The molecule has 0 unspecified atom stereocenters. The van der Waals surface area contributed by atoms with Crippen LogP contribution in [0.25, 0.3) is 11.3 Å². The summed E-state index contributed by atoms with van der Waals surface area (Å²) in [7, 11) is 1.37. The van der Waals surface area contributed by atoms with Crippen LogP contribution in [0.2, 0.25) is 0 Å². The van der Waals surface area contributed by atoms with Gasteiger partial charge in [0.05, 0.1) is 32.2 Å². The van der Waals surface area contributed by atoms with E-state index >= 15 is 0 Å². The number of methoxy groups -OCH3 is 1. The van der Waals surface area contributed by atoms with E-state index in [0.717, 1.165) is 11.3 Å². The Morgan fingerprint density at radius 2 is 2.32 bits per heavy atom. The number of aromatic amines is 1. The van der Waals surface area contributed by atoms with Gasteiger partial charge in [-0.15, -0.1) is 0 Å². The Kier molecular flexibility index (Phi) is 2.79. The highest BCUT2D eigenvalue weighted by Gasteiger charge is 2.51. The summed E-state index contributed by atoms with van der Waals surface area (Å²) in [6, 6.07) is 3.77. The quantitative estimate of drug-likeness (QED) is 0.829. The topological polar surface area (TPSA) is 77.1 Å². The third-order valence-electron chi connectivity index (χ3n) is 3.27. The molecule has 98 valence electrons.